The van der Waals surface area contributed by atoms with Crippen molar-refractivity contribution in [3.8, 4) is 11.8 Å². The van der Waals surface area contributed by atoms with Gasteiger partial charge in [-0.3, -0.25) is 4.90 Å². The summed E-state index contributed by atoms with van der Waals surface area (Å²) in [6, 6.07) is 2.45. The molecule has 1 rings (SSSR count). The van der Waals surface area contributed by atoms with Gasteiger partial charge in [-0.1, -0.05) is 11.8 Å². The van der Waals surface area contributed by atoms with Crippen LogP contribution in [0.5, 0.6) is 0 Å². The smallest absolute Gasteiger partial charge is 0.104 e. The van der Waals surface area contributed by atoms with Crippen molar-refractivity contribution in [2.45, 2.75) is 26.4 Å². The average molecular weight is 253 g/mol. The Morgan fingerprint density at radius 2 is 2.18 bits per heavy atom. The van der Waals surface area contributed by atoms with Gasteiger partial charge in [0.1, 0.15) is 6.61 Å². The van der Waals surface area contributed by atoms with Crippen LogP contribution in [0.3, 0.4) is 0 Å². The molecule has 0 unspecified atom stereocenters. The first-order chi connectivity index (χ1) is 8.17. The molecule has 0 aliphatic heterocycles. The van der Waals surface area contributed by atoms with Crippen molar-refractivity contribution in [1.82, 2.24) is 4.90 Å². The lowest BCUT2D eigenvalue weighted by molar-refractivity contribution is 0.160. The Morgan fingerprint density at radius 1 is 1.41 bits per heavy atom. The maximum absolute atomic E-state index is 9.00. The number of nitrogens with zero attached hydrogens (tertiary/aromatic N) is 1. The fourth-order valence-corrected chi connectivity index (χ4v) is 2.36. The molecule has 0 aromatic carbocycles. The summed E-state index contributed by atoms with van der Waals surface area (Å²) >= 11 is 1.66. The molecule has 0 atom stereocenters. The molecule has 17 heavy (non-hydrogen) atoms. The molecule has 0 amide bonds. The first-order valence-electron chi connectivity index (χ1n) is 5.69. The van der Waals surface area contributed by atoms with Gasteiger partial charge in [0, 0.05) is 35.0 Å². The lowest BCUT2D eigenvalue weighted by atomic mass is 10.2. The van der Waals surface area contributed by atoms with Crippen LogP contribution in [0.1, 0.15) is 24.3 Å². The van der Waals surface area contributed by atoms with Gasteiger partial charge in [0.2, 0.25) is 0 Å². The molecular formula is C13H19NO2S. The first kappa shape index (κ1) is 14.2. The molecular weight excluding hydrogens is 234 g/mol. The summed E-state index contributed by atoms with van der Waals surface area (Å²) in [5.74, 6) is 5.53. The zero-order chi connectivity index (χ0) is 12.7. The number of hydrogen-bond acceptors (Lipinski definition) is 4. The molecule has 0 radical (unpaired) electrons. The van der Waals surface area contributed by atoms with Crippen LogP contribution in [0.4, 0.5) is 0 Å². The highest BCUT2D eigenvalue weighted by molar-refractivity contribution is 7.10. The fourth-order valence-electron chi connectivity index (χ4n) is 1.52. The van der Waals surface area contributed by atoms with Crippen LogP contribution in [0.2, 0.25) is 0 Å². The maximum Gasteiger partial charge on any atom is 0.104 e. The molecule has 1 aromatic heterocycles. The van der Waals surface area contributed by atoms with Crippen LogP contribution in [-0.4, -0.2) is 40.9 Å². The molecule has 1 aromatic rings. The minimum absolute atomic E-state index is 0.103. The Balaban J connectivity index is 2.63. The molecule has 0 spiro atoms. The van der Waals surface area contributed by atoms with E-state index >= 15 is 0 Å². The minimum Gasteiger partial charge on any atom is -0.395 e. The summed E-state index contributed by atoms with van der Waals surface area (Å²) in [6.45, 7) is 5.84. The Labute approximate surface area is 107 Å². The van der Waals surface area contributed by atoms with Crippen molar-refractivity contribution in [3.63, 3.8) is 0 Å². The standard InChI is InChI=1S/C13H19NO2S/c1-11(2)14(5-7-16)9-13-8-12(10-17-13)4-3-6-15/h8,10-11,15-16H,5-7,9H2,1-2H3. The third-order valence-electron chi connectivity index (χ3n) is 2.44. The van der Waals surface area contributed by atoms with Crippen molar-refractivity contribution in [1.29, 1.82) is 0 Å². The predicted octanol–water partition coefficient (Wildman–Crippen LogP) is 1.29. The average Bonchev–Trinajstić information content (AvgIpc) is 2.73. The predicted molar refractivity (Wildman–Crippen MR) is 70.9 cm³/mol. The van der Waals surface area contributed by atoms with Gasteiger partial charge in [0.15, 0.2) is 0 Å². The molecule has 0 bridgehead atoms. The number of aliphatic hydroxyl groups excluding tert-OH is 2. The lowest BCUT2D eigenvalue weighted by Crippen LogP contribution is -2.32. The van der Waals surface area contributed by atoms with Gasteiger partial charge in [-0.2, -0.15) is 0 Å². The number of rotatable bonds is 5. The molecule has 0 aliphatic rings. The van der Waals surface area contributed by atoms with E-state index in [0.29, 0.717) is 12.6 Å². The van der Waals surface area contributed by atoms with E-state index in [0.717, 1.165) is 12.1 Å². The molecule has 0 aliphatic carbocycles. The SMILES string of the molecule is CC(C)N(CCO)Cc1cc(C#CCO)cs1. The number of thiophene rings is 1. The van der Waals surface area contributed by atoms with Gasteiger partial charge in [0.05, 0.1) is 6.61 Å². The van der Waals surface area contributed by atoms with Crippen LogP contribution < -0.4 is 0 Å². The Morgan fingerprint density at radius 3 is 2.76 bits per heavy atom. The fraction of sp³-hybridized carbons (Fsp3) is 0.538. The van der Waals surface area contributed by atoms with Crippen LogP contribution in [0.25, 0.3) is 0 Å². The summed E-state index contributed by atoms with van der Waals surface area (Å²) in [7, 11) is 0. The number of hydrogen-bond donors (Lipinski definition) is 2. The van der Waals surface area contributed by atoms with E-state index in [2.05, 4.69) is 30.6 Å². The second-order valence-corrected chi connectivity index (χ2v) is 5.05. The van der Waals surface area contributed by atoms with E-state index in [1.807, 2.05) is 11.4 Å². The summed E-state index contributed by atoms with van der Waals surface area (Å²) in [4.78, 5) is 3.45. The van der Waals surface area contributed by atoms with Gasteiger partial charge >= 0.3 is 0 Å². The van der Waals surface area contributed by atoms with E-state index in [4.69, 9.17) is 10.2 Å². The van der Waals surface area contributed by atoms with E-state index in [9.17, 15) is 0 Å². The molecule has 1 heterocycles. The van der Waals surface area contributed by atoms with Gasteiger partial charge < -0.3 is 10.2 Å². The zero-order valence-corrected chi connectivity index (χ0v) is 11.1. The van der Waals surface area contributed by atoms with Gasteiger partial charge in [0.25, 0.3) is 0 Å². The van der Waals surface area contributed by atoms with Crippen LogP contribution >= 0.6 is 11.3 Å². The third kappa shape index (κ3) is 4.88. The Bertz CT molecular complexity index is 390. The summed E-state index contributed by atoms with van der Waals surface area (Å²) in [5, 5.41) is 19.6. The van der Waals surface area contributed by atoms with E-state index in [1.54, 1.807) is 11.3 Å². The first-order valence-corrected chi connectivity index (χ1v) is 6.57. The molecule has 3 nitrogen and oxygen atoms in total. The minimum atomic E-state index is -0.103. The molecule has 94 valence electrons. The monoisotopic (exact) mass is 253 g/mol. The van der Waals surface area contributed by atoms with Crippen LogP contribution in [0, 0.1) is 11.8 Å². The second kappa shape index (κ2) is 7.46. The third-order valence-corrected chi connectivity index (χ3v) is 3.36. The van der Waals surface area contributed by atoms with Gasteiger partial charge in [-0.25, -0.2) is 0 Å². The lowest BCUT2D eigenvalue weighted by Gasteiger charge is -2.24. The number of aliphatic hydroxyl groups is 2. The highest BCUT2D eigenvalue weighted by Gasteiger charge is 2.10. The maximum atomic E-state index is 9.00. The van der Waals surface area contributed by atoms with Crippen LogP contribution in [-0.2, 0) is 6.54 Å². The molecule has 0 saturated carbocycles. The van der Waals surface area contributed by atoms with E-state index in [-0.39, 0.29) is 13.2 Å². The van der Waals surface area contributed by atoms with Crippen LogP contribution in [0.15, 0.2) is 11.4 Å². The highest BCUT2D eigenvalue weighted by Crippen LogP contribution is 2.17. The topological polar surface area (TPSA) is 43.7 Å². The van der Waals surface area contributed by atoms with E-state index < -0.39 is 0 Å². The van der Waals surface area contributed by atoms with Crippen molar-refractivity contribution < 1.29 is 10.2 Å². The van der Waals surface area contributed by atoms with Crippen molar-refractivity contribution >= 4 is 11.3 Å². The Hall–Kier alpha value is -0.860. The van der Waals surface area contributed by atoms with Crippen molar-refractivity contribution in [2.75, 3.05) is 19.8 Å². The van der Waals surface area contributed by atoms with Crippen molar-refractivity contribution in [2.24, 2.45) is 0 Å². The summed E-state index contributed by atoms with van der Waals surface area (Å²) < 4.78 is 0. The largest absolute Gasteiger partial charge is 0.395 e. The van der Waals surface area contributed by atoms with Crippen molar-refractivity contribution in [3.05, 3.63) is 21.9 Å². The molecule has 0 saturated heterocycles. The zero-order valence-electron chi connectivity index (χ0n) is 10.3. The molecule has 2 N–H and O–H groups in total. The normalized spacial score (nSPS) is 10.7. The highest BCUT2D eigenvalue weighted by atomic mass is 32.1. The summed E-state index contributed by atoms with van der Waals surface area (Å²) in [5.41, 5.74) is 0.951. The van der Waals surface area contributed by atoms with E-state index in [1.165, 1.54) is 4.88 Å². The second-order valence-electron chi connectivity index (χ2n) is 4.05. The van der Waals surface area contributed by atoms with Gasteiger partial charge in [-0.15, -0.1) is 11.3 Å². The van der Waals surface area contributed by atoms with Gasteiger partial charge in [-0.05, 0) is 19.9 Å². The Kier molecular flexibility index (Phi) is 6.23. The molecule has 4 heteroatoms. The molecule has 0 fully saturated rings. The summed E-state index contributed by atoms with van der Waals surface area (Å²) in [6.07, 6.45) is 0. The quantitative estimate of drug-likeness (QED) is 0.777.